The lowest BCUT2D eigenvalue weighted by Gasteiger charge is -2.26. The Bertz CT molecular complexity index is 959. The predicted octanol–water partition coefficient (Wildman–Crippen LogP) is 5.49. The van der Waals surface area contributed by atoms with Crippen molar-refractivity contribution in [3.63, 3.8) is 0 Å². The van der Waals surface area contributed by atoms with Crippen molar-refractivity contribution in [2.24, 2.45) is 5.10 Å². The fourth-order valence-electron chi connectivity index (χ4n) is 3.25. The predicted molar refractivity (Wildman–Crippen MR) is 106 cm³/mol. The van der Waals surface area contributed by atoms with E-state index >= 15 is 0 Å². The fraction of sp³-hybridized carbons (Fsp3) is 0.0952. The molecule has 0 aromatic heterocycles. The highest BCUT2D eigenvalue weighted by Crippen LogP contribution is 2.68. The second kappa shape index (κ2) is 6.91. The van der Waals surface area contributed by atoms with E-state index < -0.39 is 13.2 Å². The number of hydrogen-bond acceptors (Lipinski definition) is 3. The molecule has 0 unspecified atom stereocenters. The zero-order valence-corrected chi connectivity index (χ0v) is 15.3. The molecular formula is C21H19N2O2P. The van der Waals surface area contributed by atoms with Gasteiger partial charge in [-0.05, 0) is 23.3 Å². The van der Waals surface area contributed by atoms with E-state index in [9.17, 15) is 4.57 Å². The van der Waals surface area contributed by atoms with Crippen molar-refractivity contribution >= 4 is 18.9 Å². The van der Waals surface area contributed by atoms with Gasteiger partial charge < -0.3 is 4.52 Å². The van der Waals surface area contributed by atoms with E-state index in [0.29, 0.717) is 0 Å². The molecule has 0 spiro atoms. The summed E-state index contributed by atoms with van der Waals surface area (Å²) in [4.78, 5) is 0. The van der Waals surface area contributed by atoms with E-state index in [1.165, 1.54) is 7.11 Å². The molecule has 4 rings (SSSR count). The average molecular weight is 362 g/mol. The third kappa shape index (κ3) is 2.78. The quantitative estimate of drug-likeness (QED) is 0.576. The molecule has 26 heavy (non-hydrogen) atoms. The summed E-state index contributed by atoms with van der Waals surface area (Å²) in [7, 11) is -1.81. The van der Waals surface area contributed by atoms with Crippen LogP contribution in [0.4, 0.5) is 5.69 Å². The van der Waals surface area contributed by atoms with Crippen molar-refractivity contribution < 1.29 is 9.09 Å². The van der Waals surface area contributed by atoms with Crippen LogP contribution in [0.1, 0.15) is 16.8 Å². The topological polar surface area (TPSA) is 41.9 Å². The van der Waals surface area contributed by atoms with E-state index in [1.54, 1.807) is 4.78 Å². The number of nitrogens with zero attached hydrogens (tertiary/aromatic N) is 2. The summed E-state index contributed by atoms with van der Waals surface area (Å²) < 4.78 is 21.2. The number of hydrazone groups is 1. The van der Waals surface area contributed by atoms with Gasteiger partial charge in [0.15, 0.2) is 0 Å². The molecule has 0 saturated carbocycles. The van der Waals surface area contributed by atoms with Crippen LogP contribution in [0.25, 0.3) is 0 Å². The molecule has 0 amide bonds. The molecule has 130 valence electrons. The summed E-state index contributed by atoms with van der Waals surface area (Å²) >= 11 is 0. The van der Waals surface area contributed by atoms with Gasteiger partial charge in [-0.2, -0.15) is 9.88 Å². The van der Waals surface area contributed by atoms with Gasteiger partial charge in [0.25, 0.3) is 0 Å². The molecule has 5 heteroatoms. The summed E-state index contributed by atoms with van der Waals surface area (Å²) in [6.07, 6.45) is 0. The molecule has 4 nitrogen and oxygen atoms in total. The first kappa shape index (κ1) is 16.8. The van der Waals surface area contributed by atoms with Crippen molar-refractivity contribution in [3.8, 4) is 0 Å². The zero-order chi connectivity index (χ0) is 18.0. The first-order valence-corrected chi connectivity index (χ1v) is 10.1. The second-order valence-corrected chi connectivity index (χ2v) is 8.42. The summed E-state index contributed by atoms with van der Waals surface area (Å²) in [5.41, 5.74) is 2.93. The van der Waals surface area contributed by atoms with Crippen molar-refractivity contribution in [1.29, 1.82) is 0 Å². The van der Waals surface area contributed by atoms with E-state index in [-0.39, 0.29) is 0 Å². The summed E-state index contributed by atoms with van der Waals surface area (Å²) in [5, 5.41) is 4.77. The monoisotopic (exact) mass is 362 g/mol. The third-order valence-electron chi connectivity index (χ3n) is 4.49. The van der Waals surface area contributed by atoms with Crippen molar-refractivity contribution in [3.05, 3.63) is 102 Å². The first-order chi connectivity index (χ1) is 12.7. The molecule has 2 atom stereocenters. The van der Waals surface area contributed by atoms with Gasteiger partial charge in [0, 0.05) is 7.11 Å². The van der Waals surface area contributed by atoms with Crippen LogP contribution in [0.15, 0.2) is 96.1 Å². The van der Waals surface area contributed by atoms with Crippen LogP contribution in [0.2, 0.25) is 0 Å². The van der Waals surface area contributed by atoms with Crippen molar-refractivity contribution in [2.75, 3.05) is 11.9 Å². The third-order valence-corrected chi connectivity index (χ3v) is 7.05. The average Bonchev–Trinajstić information content (AvgIpc) is 3.04. The highest BCUT2D eigenvalue weighted by molar-refractivity contribution is 7.62. The van der Waals surface area contributed by atoms with Crippen LogP contribution in [0.5, 0.6) is 0 Å². The molecule has 0 saturated heterocycles. The summed E-state index contributed by atoms with van der Waals surface area (Å²) in [6.45, 7) is 0. The lowest BCUT2D eigenvalue weighted by Crippen LogP contribution is -2.14. The van der Waals surface area contributed by atoms with Gasteiger partial charge in [-0.3, -0.25) is 4.57 Å². The van der Waals surface area contributed by atoms with Gasteiger partial charge in [0.1, 0.15) is 5.66 Å². The second-order valence-electron chi connectivity index (χ2n) is 6.04. The van der Waals surface area contributed by atoms with Gasteiger partial charge in [-0.1, -0.05) is 78.9 Å². The maximum Gasteiger partial charge on any atom is 0.329 e. The standard InChI is InChI=1S/C21H19N2O2P/c1-25-26(24)21(18-13-7-3-8-14-18)20(17-11-5-2-6-12-17)22-23(26)19-15-9-4-10-16-19/h2-16,21H,1H3/t21-,26-/m0/s1. The van der Waals surface area contributed by atoms with Crippen molar-refractivity contribution in [2.45, 2.75) is 5.66 Å². The molecule has 3 aromatic carbocycles. The van der Waals surface area contributed by atoms with E-state index in [0.717, 1.165) is 22.5 Å². The molecule has 3 aromatic rings. The molecule has 1 aliphatic rings. The molecule has 0 N–H and O–H groups in total. The normalized spacial score (nSPS) is 22.3. The molecule has 0 radical (unpaired) electrons. The van der Waals surface area contributed by atoms with Crippen LogP contribution < -0.4 is 4.78 Å². The highest BCUT2D eigenvalue weighted by Gasteiger charge is 2.50. The zero-order valence-electron chi connectivity index (χ0n) is 14.4. The minimum atomic E-state index is -3.31. The Morgan fingerprint density at radius 2 is 1.38 bits per heavy atom. The SMILES string of the molecule is CO[P@@]1(=O)[C@@H](c2ccccc2)C(c2ccccc2)=NN1c1ccccc1. The van der Waals surface area contributed by atoms with Crippen LogP contribution in [0.3, 0.4) is 0 Å². The Morgan fingerprint density at radius 1 is 0.846 bits per heavy atom. The molecule has 0 bridgehead atoms. The highest BCUT2D eigenvalue weighted by atomic mass is 31.2. The Morgan fingerprint density at radius 3 is 1.96 bits per heavy atom. The summed E-state index contributed by atoms with van der Waals surface area (Å²) in [5.74, 6) is 0. The Labute approximate surface area is 153 Å². The van der Waals surface area contributed by atoms with Gasteiger partial charge in [0.05, 0.1) is 11.4 Å². The maximum absolute atomic E-state index is 14.0. The molecule has 1 heterocycles. The molecule has 1 aliphatic heterocycles. The largest absolute Gasteiger partial charge is 0.329 e. The van der Waals surface area contributed by atoms with Gasteiger partial charge in [0.2, 0.25) is 0 Å². The van der Waals surface area contributed by atoms with Crippen LogP contribution >= 0.6 is 7.52 Å². The van der Waals surface area contributed by atoms with Crippen LogP contribution in [-0.4, -0.2) is 12.8 Å². The van der Waals surface area contributed by atoms with E-state index in [2.05, 4.69) is 0 Å². The summed E-state index contributed by atoms with van der Waals surface area (Å²) in [6, 6.07) is 29.2. The van der Waals surface area contributed by atoms with E-state index in [1.807, 2.05) is 91.0 Å². The Balaban J connectivity index is 1.92. The number of para-hydroxylation sites is 1. The maximum atomic E-state index is 14.0. The number of rotatable bonds is 4. The van der Waals surface area contributed by atoms with Gasteiger partial charge >= 0.3 is 7.52 Å². The van der Waals surface area contributed by atoms with Crippen molar-refractivity contribution in [1.82, 2.24) is 0 Å². The molecule has 0 fully saturated rings. The molecular weight excluding hydrogens is 343 g/mol. The Hall–Kier alpha value is -2.68. The smallest absolute Gasteiger partial charge is 0.315 e. The minimum absolute atomic E-state index is 0.448. The van der Waals surface area contributed by atoms with Gasteiger partial charge in [-0.25, -0.2) is 0 Å². The van der Waals surface area contributed by atoms with E-state index in [4.69, 9.17) is 9.63 Å². The lowest BCUT2D eigenvalue weighted by atomic mass is 10.0. The Kier molecular flexibility index (Phi) is 4.46. The van der Waals surface area contributed by atoms with Crippen LogP contribution in [0, 0.1) is 0 Å². The fourth-order valence-corrected chi connectivity index (χ4v) is 5.57. The first-order valence-electron chi connectivity index (χ1n) is 8.44. The number of anilines is 1. The van der Waals surface area contributed by atoms with Gasteiger partial charge in [-0.15, -0.1) is 0 Å². The lowest BCUT2D eigenvalue weighted by molar-refractivity contribution is 0.389. The number of hydrogen-bond donors (Lipinski definition) is 0. The van der Waals surface area contributed by atoms with Crippen LogP contribution in [-0.2, 0) is 9.09 Å². The molecule has 0 aliphatic carbocycles. The number of benzene rings is 3. The minimum Gasteiger partial charge on any atom is -0.315 e.